The number of nitrogens with zero attached hydrogens (tertiary/aromatic N) is 2. The van der Waals surface area contributed by atoms with Crippen molar-refractivity contribution >= 4 is 50.7 Å². The summed E-state index contributed by atoms with van der Waals surface area (Å²) in [6.07, 6.45) is 5.32. The van der Waals surface area contributed by atoms with E-state index in [1.807, 2.05) is 6.92 Å². The monoisotopic (exact) mass is 569 g/mol. The van der Waals surface area contributed by atoms with Crippen LogP contribution in [0, 0.1) is 0 Å². The Labute approximate surface area is 228 Å². The van der Waals surface area contributed by atoms with Crippen LogP contribution in [0.4, 0.5) is 5.69 Å². The second-order valence-electron chi connectivity index (χ2n) is 9.15. The van der Waals surface area contributed by atoms with Crippen molar-refractivity contribution in [3.05, 3.63) is 58.1 Å². The van der Waals surface area contributed by atoms with Crippen molar-refractivity contribution in [2.45, 2.75) is 57.7 Å². The minimum Gasteiger partial charge on any atom is -0.495 e. The van der Waals surface area contributed by atoms with Crippen LogP contribution >= 0.6 is 23.2 Å². The van der Waals surface area contributed by atoms with Crippen molar-refractivity contribution in [1.29, 1.82) is 0 Å². The molecule has 0 radical (unpaired) electrons. The number of hydrogen-bond acceptors (Lipinski definition) is 5. The van der Waals surface area contributed by atoms with Crippen molar-refractivity contribution in [1.82, 2.24) is 10.2 Å². The van der Waals surface area contributed by atoms with Gasteiger partial charge in [-0.05, 0) is 55.2 Å². The Morgan fingerprint density at radius 1 is 1.11 bits per heavy atom. The number of rotatable bonds is 11. The number of hydrogen-bond donors (Lipinski definition) is 1. The molecule has 1 unspecified atom stereocenters. The molecule has 2 aromatic rings. The van der Waals surface area contributed by atoms with Crippen molar-refractivity contribution in [3.8, 4) is 5.75 Å². The number of anilines is 1. The Morgan fingerprint density at radius 3 is 2.30 bits per heavy atom. The predicted molar refractivity (Wildman–Crippen MR) is 147 cm³/mol. The SMILES string of the molecule is CCC(C(=O)NC1CCCC1)N(Cc1ccc(Cl)cc1)C(=O)CN(c1ccc(OC)c(Cl)c1)S(C)(=O)=O. The van der Waals surface area contributed by atoms with Crippen LogP contribution in [-0.4, -0.2) is 57.1 Å². The van der Waals surface area contributed by atoms with Gasteiger partial charge in [0.15, 0.2) is 0 Å². The fourth-order valence-corrected chi connectivity index (χ4v) is 5.72. The summed E-state index contributed by atoms with van der Waals surface area (Å²) < 4.78 is 31.6. The van der Waals surface area contributed by atoms with Crippen molar-refractivity contribution in [3.63, 3.8) is 0 Å². The maximum absolute atomic E-state index is 13.8. The maximum Gasteiger partial charge on any atom is 0.244 e. The van der Waals surface area contributed by atoms with Gasteiger partial charge in [-0.3, -0.25) is 13.9 Å². The molecule has 0 aromatic heterocycles. The lowest BCUT2D eigenvalue weighted by Gasteiger charge is -2.33. The smallest absolute Gasteiger partial charge is 0.244 e. The molecule has 202 valence electrons. The summed E-state index contributed by atoms with van der Waals surface area (Å²) in [4.78, 5) is 28.5. The first-order valence-corrected chi connectivity index (χ1v) is 14.8. The molecular formula is C26H33Cl2N3O5S. The van der Waals surface area contributed by atoms with Crippen molar-refractivity contribution in [2.24, 2.45) is 0 Å². The Balaban J connectivity index is 1.93. The lowest BCUT2D eigenvalue weighted by molar-refractivity contribution is -0.140. The number of benzene rings is 2. The number of halogens is 2. The van der Waals surface area contributed by atoms with Crippen LogP contribution in [0.1, 0.15) is 44.6 Å². The Hall–Kier alpha value is -2.49. The Morgan fingerprint density at radius 2 is 1.76 bits per heavy atom. The van der Waals surface area contributed by atoms with Crippen LogP contribution in [-0.2, 0) is 26.2 Å². The third kappa shape index (κ3) is 7.75. The Kier molecular flexibility index (Phi) is 10.1. The number of methoxy groups -OCH3 is 1. The normalized spacial score (nSPS) is 14.7. The molecular weight excluding hydrogens is 537 g/mol. The van der Waals surface area contributed by atoms with E-state index in [1.165, 1.54) is 30.2 Å². The summed E-state index contributed by atoms with van der Waals surface area (Å²) in [5, 5.41) is 3.84. The van der Waals surface area contributed by atoms with Crippen LogP contribution in [0.25, 0.3) is 0 Å². The lowest BCUT2D eigenvalue weighted by atomic mass is 10.1. The molecule has 1 aliphatic carbocycles. The summed E-state index contributed by atoms with van der Waals surface area (Å²) in [6, 6.07) is 10.8. The fourth-order valence-electron chi connectivity index (χ4n) is 4.50. The molecule has 0 heterocycles. The average molecular weight is 571 g/mol. The van der Waals surface area contributed by atoms with Gasteiger partial charge in [0.1, 0.15) is 18.3 Å². The number of carbonyl (C=O) groups excluding carboxylic acids is 2. The van der Waals surface area contributed by atoms with Gasteiger partial charge in [-0.25, -0.2) is 8.42 Å². The van der Waals surface area contributed by atoms with Gasteiger partial charge in [-0.15, -0.1) is 0 Å². The van der Waals surface area contributed by atoms with Crippen LogP contribution in [0.15, 0.2) is 42.5 Å². The average Bonchev–Trinajstić information content (AvgIpc) is 3.35. The highest BCUT2D eigenvalue weighted by molar-refractivity contribution is 7.92. The molecule has 0 spiro atoms. The molecule has 11 heteroatoms. The van der Waals surface area contributed by atoms with Gasteiger partial charge in [0, 0.05) is 17.6 Å². The molecule has 8 nitrogen and oxygen atoms in total. The molecule has 1 saturated carbocycles. The third-order valence-corrected chi connectivity index (χ3v) is 8.14. The molecule has 1 aliphatic rings. The van der Waals surface area contributed by atoms with Gasteiger partial charge >= 0.3 is 0 Å². The van der Waals surface area contributed by atoms with Gasteiger partial charge in [0.05, 0.1) is 24.1 Å². The van der Waals surface area contributed by atoms with Gasteiger partial charge in [-0.1, -0.05) is 55.1 Å². The molecule has 37 heavy (non-hydrogen) atoms. The van der Waals surface area contributed by atoms with E-state index >= 15 is 0 Å². The summed E-state index contributed by atoms with van der Waals surface area (Å²) in [6.45, 7) is 1.45. The summed E-state index contributed by atoms with van der Waals surface area (Å²) in [5.41, 5.74) is 0.986. The minimum atomic E-state index is -3.86. The largest absolute Gasteiger partial charge is 0.495 e. The molecule has 3 rings (SSSR count). The number of nitrogens with one attached hydrogen (secondary N) is 1. The first kappa shape index (κ1) is 29.1. The van der Waals surface area contributed by atoms with E-state index in [9.17, 15) is 18.0 Å². The molecule has 1 atom stereocenters. The van der Waals surface area contributed by atoms with Crippen LogP contribution in [0.3, 0.4) is 0 Å². The van der Waals surface area contributed by atoms with E-state index in [0.717, 1.165) is 41.8 Å². The number of carbonyl (C=O) groups is 2. The van der Waals surface area contributed by atoms with Crippen LogP contribution in [0.5, 0.6) is 5.75 Å². The molecule has 0 bridgehead atoms. The summed E-state index contributed by atoms with van der Waals surface area (Å²) >= 11 is 12.3. The molecule has 0 aliphatic heterocycles. The first-order chi connectivity index (χ1) is 17.5. The van der Waals surface area contributed by atoms with E-state index in [4.69, 9.17) is 27.9 Å². The van der Waals surface area contributed by atoms with E-state index < -0.39 is 28.5 Å². The number of sulfonamides is 1. The third-order valence-electron chi connectivity index (χ3n) is 6.46. The topological polar surface area (TPSA) is 96.0 Å². The number of ether oxygens (including phenoxy) is 1. The van der Waals surface area contributed by atoms with Gasteiger partial charge in [0.2, 0.25) is 21.8 Å². The van der Waals surface area contributed by atoms with Gasteiger partial charge in [0.25, 0.3) is 0 Å². The molecule has 1 fully saturated rings. The lowest BCUT2D eigenvalue weighted by Crippen LogP contribution is -2.53. The van der Waals surface area contributed by atoms with E-state index in [-0.39, 0.29) is 29.2 Å². The van der Waals surface area contributed by atoms with E-state index in [2.05, 4.69) is 5.32 Å². The highest BCUT2D eigenvalue weighted by atomic mass is 35.5. The fraction of sp³-hybridized carbons (Fsp3) is 0.462. The first-order valence-electron chi connectivity index (χ1n) is 12.2. The second kappa shape index (κ2) is 12.8. The molecule has 2 amide bonds. The zero-order valence-electron chi connectivity index (χ0n) is 21.2. The van der Waals surface area contributed by atoms with Crippen molar-refractivity contribution in [2.75, 3.05) is 24.2 Å². The molecule has 0 saturated heterocycles. The summed E-state index contributed by atoms with van der Waals surface area (Å²) in [5.74, 6) is -0.375. The van der Waals surface area contributed by atoms with Crippen LogP contribution in [0.2, 0.25) is 10.0 Å². The van der Waals surface area contributed by atoms with Gasteiger partial charge < -0.3 is 15.0 Å². The quantitative estimate of drug-likeness (QED) is 0.425. The summed E-state index contributed by atoms with van der Waals surface area (Å²) in [7, 11) is -2.41. The maximum atomic E-state index is 13.8. The van der Waals surface area contributed by atoms with E-state index in [0.29, 0.717) is 17.2 Å². The zero-order valence-corrected chi connectivity index (χ0v) is 23.6. The predicted octanol–water partition coefficient (Wildman–Crippen LogP) is 4.63. The second-order valence-corrected chi connectivity index (χ2v) is 11.9. The minimum absolute atomic E-state index is 0.0861. The van der Waals surface area contributed by atoms with E-state index in [1.54, 1.807) is 24.3 Å². The number of amides is 2. The van der Waals surface area contributed by atoms with Crippen molar-refractivity contribution < 1.29 is 22.7 Å². The highest BCUT2D eigenvalue weighted by Crippen LogP contribution is 2.30. The Bertz CT molecular complexity index is 1200. The standard InChI is InChI=1S/C26H33Cl2N3O5S/c1-4-23(26(33)29-20-7-5-6-8-20)30(16-18-9-11-19(27)12-10-18)25(32)17-31(37(3,34)35)21-13-14-24(36-2)22(28)15-21/h9-15,20,23H,4-8,16-17H2,1-3H3,(H,29,33). The highest BCUT2D eigenvalue weighted by Gasteiger charge is 2.33. The molecule has 1 N–H and O–H groups in total. The van der Waals surface area contributed by atoms with Crippen LogP contribution < -0.4 is 14.4 Å². The molecule has 2 aromatic carbocycles. The zero-order chi connectivity index (χ0) is 27.2. The van der Waals surface area contributed by atoms with Gasteiger partial charge in [-0.2, -0.15) is 0 Å².